The van der Waals surface area contributed by atoms with Crippen LogP contribution in [-0.2, 0) is 6.54 Å². The van der Waals surface area contributed by atoms with Crippen LogP contribution in [-0.4, -0.2) is 24.1 Å². The van der Waals surface area contributed by atoms with E-state index >= 15 is 0 Å². The van der Waals surface area contributed by atoms with Crippen LogP contribution in [0.3, 0.4) is 0 Å². The molecule has 2 aromatic carbocycles. The minimum Gasteiger partial charge on any atom is -0.364 e. The molecule has 1 N–H and O–H groups in total. The summed E-state index contributed by atoms with van der Waals surface area (Å²) in [6, 6.07) is 16.5. The second-order valence-corrected chi connectivity index (χ2v) is 7.65. The zero-order valence-corrected chi connectivity index (χ0v) is 19.0. The van der Waals surface area contributed by atoms with Crippen molar-refractivity contribution in [3.05, 3.63) is 83.6 Å². The monoisotopic (exact) mass is 465 g/mol. The summed E-state index contributed by atoms with van der Waals surface area (Å²) in [6.07, 6.45) is 3.88. The molecule has 31 heavy (non-hydrogen) atoms. The van der Waals surface area contributed by atoms with E-state index in [0.717, 1.165) is 44.1 Å². The highest BCUT2D eigenvalue weighted by Crippen LogP contribution is 2.26. The molecule has 0 atom stereocenters. The summed E-state index contributed by atoms with van der Waals surface area (Å²) in [5, 5.41) is 3.43. The van der Waals surface area contributed by atoms with Crippen LogP contribution in [0.15, 0.2) is 60.8 Å². The number of halogens is 4. The Morgan fingerprint density at radius 3 is 2.23 bits per heavy atom. The van der Waals surface area contributed by atoms with E-state index in [1.807, 2.05) is 12.1 Å². The third-order valence-corrected chi connectivity index (χ3v) is 5.45. The molecule has 1 aromatic heterocycles. The van der Waals surface area contributed by atoms with E-state index in [1.54, 1.807) is 6.20 Å². The Hall–Kier alpha value is -2.21. The van der Waals surface area contributed by atoms with Crippen LogP contribution in [0, 0.1) is 18.6 Å². The van der Waals surface area contributed by atoms with Crippen molar-refractivity contribution in [1.82, 2.24) is 10.3 Å². The first kappa shape index (κ1) is 25.1. The molecule has 4 rings (SSSR count). The topological polar surface area (TPSA) is 28.2 Å². The molecule has 3 aromatic rings. The maximum atomic E-state index is 13.6. The van der Waals surface area contributed by atoms with Crippen LogP contribution in [0.2, 0.25) is 0 Å². The van der Waals surface area contributed by atoms with Crippen molar-refractivity contribution in [3.63, 3.8) is 0 Å². The molecule has 0 radical (unpaired) electrons. The van der Waals surface area contributed by atoms with Gasteiger partial charge in [0, 0.05) is 36.1 Å². The van der Waals surface area contributed by atoms with Gasteiger partial charge < -0.3 is 10.2 Å². The normalized spacial score (nSPS) is 13.8. The highest BCUT2D eigenvalue weighted by atomic mass is 35.5. The molecule has 0 aliphatic carbocycles. The largest absolute Gasteiger partial charge is 0.364 e. The SMILES string of the molecule is Cc1ccc(N(Cc2ccnc(-c3cc(F)cc(F)c3)c2)C2CCNCC2)cc1.Cl.Cl. The highest BCUT2D eigenvalue weighted by Gasteiger charge is 2.22. The maximum Gasteiger partial charge on any atom is 0.126 e. The van der Waals surface area contributed by atoms with E-state index in [1.165, 1.54) is 23.4 Å². The molecule has 3 nitrogen and oxygen atoms in total. The second-order valence-electron chi connectivity index (χ2n) is 7.65. The standard InChI is InChI=1S/C24H25F2N3.2ClH/c1-17-2-4-22(5-3-17)29(23-7-9-27-10-8-23)16-18-6-11-28-24(12-18)19-13-20(25)15-21(26)14-19;;/h2-6,11-15,23,27H,7-10,16H2,1H3;2*1H. The maximum absolute atomic E-state index is 13.6. The van der Waals surface area contributed by atoms with Gasteiger partial charge in [0.15, 0.2) is 0 Å². The zero-order valence-electron chi connectivity index (χ0n) is 17.4. The fourth-order valence-electron chi connectivity index (χ4n) is 3.91. The predicted octanol–water partition coefficient (Wildman–Crippen LogP) is 5.94. The van der Waals surface area contributed by atoms with Gasteiger partial charge in [-0.1, -0.05) is 17.7 Å². The van der Waals surface area contributed by atoms with Gasteiger partial charge in [-0.3, -0.25) is 4.98 Å². The number of hydrogen-bond donors (Lipinski definition) is 1. The molecule has 1 saturated heterocycles. The van der Waals surface area contributed by atoms with Crippen molar-refractivity contribution in [2.75, 3.05) is 18.0 Å². The average molecular weight is 466 g/mol. The molecule has 2 heterocycles. The van der Waals surface area contributed by atoms with Gasteiger partial charge in [0.05, 0.1) is 5.69 Å². The lowest BCUT2D eigenvalue weighted by molar-refractivity contribution is 0.428. The van der Waals surface area contributed by atoms with E-state index in [9.17, 15) is 8.78 Å². The smallest absolute Gasteiger partial charge is 0.126 e. The molecule has 1 fully saturated rings. The van der Waals surface area contributed by atoms with Gasteiger partial charge in [0.1, 0.15) is 11.6 Å². The molecule has 0 bridgehead atoms. The minimum atomic E-state index is -0.594. The Bertz CT molecular complexity index is 957. The average Bonchev–Trinajstić information content (AvgIpc) is 2.73. The quantitative estimate of drug-likeness (QED) is 0.505. The number of aryl methyl sites for hydroxylation is 1. The van der Waals surface area contributed by atoms with Crippen LogP contribution in [0.1, 0.15) is 24.0 Å². The Labute approximate surface area is 194 Å². The number of hydrogen-bond acceptors (Lipinski definition) is 3. The third kappa shape index (κ3) is 6.39. The van der Waals surface area contributed by atoms with Gasteiger partial charge in [-0.25, -0.2) is 8.78 Å². The van der Waals surface area contributed by atoms with E-state index < -0.39 is 11.6 Å². The number of pyridine rings is 1. The van der Waals surface area contributed by atoms with Gasteiger partial charge in [-0.15, -0.1) is 24.8 Å². The summed E-state index contributed by atoms with van der Waals surface area (Å²) in [6.45, 7) is 4.83. The molecule has 0 spiro atoms. The molecule has 0 amide bonds. The van der Waals surface area contributed by atoms with E-state index in [-0.39, 0.29) is 24.8 Å². The fourth-order valence-corrected chi connectivity index (χ4v) is 3.91. The number of benzene rings is 2. The molecule has 0 saturated carbocycles. The zero-order chi connectivity index (χ0) is 20.2. The summed E-state index contributed by atoms with van der Waals surface area (Å²) in [5.74, 6) is -1.19. The lowest BCUT2D eigenvalue weighted by atomic mass is 10.0. The molecule has 0 unspecified atom stereocenters. The van der Waals surface area contributed by atoms with Crippen LogP contribution >= 0.6 is 24.8 Å². The summed E-state index contributed by atoms with van der Waals surface area (Å²) in [5.41, 5.74) is 4.53. The van der Waals surface area contributed by atoms with Crippen molar-refractivity contribution in [1.29, 1.82) is 0 Å². The summed E-state index contributed by atoms with van der Waals surface area (Å²) in [4.78, 5) is 6.77. The second kappa shape index (κ2) is 11.4. The molecular weight excluding hydrogens is 439 g/mol. The number of rotatable bonds is 5. The number of nitrogens with one attached hydrogen (secondary N) is 1. The van der Waals surface area contributed by atoms with Gasteiger partial charge in [0.25, 0.3) is 0 Å². The van der Waals surface area contributed by atoms with Crippen molar-refractivity contribution in [2.24, 2.45) is 0 Å². The van der Waals surface area contributed by atoms with E-state index in [0.29, 0.717) is 17.3 Å². The molecule has 7 heteroatoms. The van der Waals surface area contributed by atoms with Crippen LogP contribution in [0.5, 0.6) is 0 Å². The first-order valence-electron chi connectivity index (χ1n) is 10.0. The predicted molar refractivity (Wildman–Crippen MR) is 127 cm³/mol. The lowest BCUT2D eigenvalue weighted by Gasteiger charge is -2.36. The fraction of sp³-hybridized carbons (Fsp3) is 0.292. The Morgan fingerprint density at radius 2 is 1.58 bits per heavy atom. The molecular formula is C24H27Cl2F2N3. The summed E-state index contributed by atoms with van der Waals surface area (Å²) < 4.78 is 27.3. The third-order valence-electron chi connectivity index (χ3n) is 5.45. The van der Waals surface area contributed by atoms with E-state index in [4.69, 9.17) is 0 Å². The summed E-state index contributed by atoms with van der Waals surface area (Å²) in [7, 11) is 0. The molecule has 1 aliphatic heterocycles. The van der Waals surface area contributed by atoms with Crippen LogP contribution in [0.25, 0.3) is 11.3 Å². The van der Waals surface area contributed by atoms with Crippen molar-refractivity contribution < 1.29 is 8.78 Å². The van der Waals surface area contributed by atoms with Gasteiger partial charge >= 0.3 is 0 Å². The van der Waals surface area contributed by atoms with Crippen LogP contribution in [0.4, 0.5) is 14.5 Å². The van der Waals surface area contributed by atoms with Gasteiger partial charge in [-0.2, -0.15) is 0 Å². The number of nitrogens with zero attached hydrogens (tertiary/aromatic N) is 2. The van der Waals surface area contributed by atoms with E-state index in [2.05, 4.69) is 46.4 Å². The van der Waals surface area contributed by atoms with Crippen molar-refractivity contribution in [3.8, 4) is 11.3 Å². The highest BCUT2D eigenvalue weighted by molar-refractivity contribution is 5.85. The first-order valence-corrected chi connectivity index (χ1v) is 10.0. The first-order chi connectivity index (χ1) is 14.1. The number of aromatic nitrogens is 1. The molecule has 166 valence electrons. The minimum absolute atomic E-state index is 0. The summed E-state index contributed by atoms with van der Waals surface area (Å²) >= 11 is 0. The Morgan fingerprint density at radius 1 is 0.935 bits per heavy atom. The molecule has 1 aliphatic rings. The lowest BCUT2D eigenvalue weighted by Crippen LogP contribution is -2.43. The van der Waals surface area contributed by atoms with Gasteiger partial charge in [-0.05, 0) is 74.8 Å². The van der Waals surface area contributed by atoms with Crippen molar-refractivity contribution >= 4 is 30.5 Å². The number of anilines is 1. The van der Waals surface area contributed by atoms with Gasteiger partial charge in [0.2, 0.25) is 0 Å². The Kier molecular flexibility index (Phi) is 9.23. The van der Waals surface area contributed by atoms with Crippen molar-refractivity contribution in [2.45, 2.75) is 32.4 Å². The number of piperidine rings is 1. The Balaban J connectivity index is 0.00000171. The van der Waals surface area contributed by atoms with Crippen LogP contribution < -0.4 is 10.2 Å².